The standard InChI is InChI=1S/C27H24N2O5/c1-18(24(30)28(2)16-19-8-4-3-5-9-19)34-27(33)21-14-12-20(13-15-21)17-29-25(31)22-10-6-7-11-23(22)26(29)32/h3-15,18H,16-17H2,1-2H3. The van der Waals surface area contributed by atoms with Gasteiger partial charge in [0.2, 0.25) is 0 Å². The van der Waals surface area contributed by atoms with E-state index in [2.05, 4.69) is 0 Å². The lowest BCUT2D eigenvalue weighted by Gasteiger charge is -2.21. The van der Waals surface area contributed by atoms with Crippen LogP contribution >= 0.6 is 0 Å². The molecule has 0 spiro atoms. The van der Waals surface area contributed by atoms with Gasteiger partial charge in [0.25, 0.3) is 17.7 Å². The lowest BCUT2D eigenvalue weighted by molar-refractivity contribution is -0.139. The Balaban J connectivity index is 1.34. The molecule has 172 valence electrons. The fourth-order valence-corrected chi connectivity index (χ4v) is 3.84. The molecule has 7 nitrogen and oxygen atoms in total. The number of ether oxygens (including phenoxy) is 1. The molecule has 1 aliphatic heterocycles. The van der Waals surface area contributed by atoms with Crippen LogP contribution < -0.4 is 0 Å². The summed E-state index contributed by atoms with van der Waals surface area (Å²) in [5, 5.41) is 0. The normalized spacial score (nSPS) is 13.4. The van der Waals surface area contributed by atoms with Gasteiger partial charge in [-0.05, 0) is 42.3 Å². The van der Waals surface area contributed by atoms with Crippen LogP contribution in [0.2, 0.25) is 0 Å². The zero-order valence-electron chi connectivity index (χ0n) is 18.9. The van der Waals surface area contributed by atoms with Crippen LogP contribution in [-0.2, 0) is 22.6 Å². The van der Waals surface area contributed by atoms with Crippen LogP contribution in [0.1, 0.15) is 49.1 Å². The number of hydrogen-bond acceptors (Lipinski definition) is 5. The van der Waals surface area contributed by atoms with Crippen molar-refractivity contribution in [2.24, 2.45) is 0 Å². The molecular weight excluding hydrogens is 432 g/mol. The summed E-state index contributed by atoms with van der Waals surface area (Å²) >= 11 is 0. The number of nitrogens with zero attached hydrogens (tertiary/aromatic N) is 2. The van der Waals surface area contributed by atoms with Crippen molar-refractivity contribution in [2.75, 3.05) is 7.05 Å². The summed E-state index contributed by atoms with van der Waals surface area (Å²) in [5.74, 6) is -1.60. The molecule has 34 heavy (non-hydrogen) atoms. The predicted molar refractivity (Wildman–Crippen MR) is 125 cm³/mol. The minimum atomic E-state index is -0.945. The third kappa shape index (κ3) is 4.73. The minimum Gasteiger partial charge on any atom is -0.449 e. The van der Waals surface area contributed by atoms with Gasteiger partial charge < -0.3 is 9.64 Å². The number of imide groups is 1. The van der Waals surface area contributed by atoms with Crippen LogP contribution in [0.3, 0.4) is 0 Å². The third-order valence-corrected chi connectivity index (χ3v) is 5.68. The van der Waals surface area contributed by atoms with E-state index in [1.165, 1.54) is 9.80 Å². The quantitative estimate of drug-likeness (QED) is 0.400. The van der Waals surface area contributed by atoms with Crippen molar-refractivity contribution in [3.05, 3.63) is 107 Å². The van der Waals surface area contributed by atoms with E-state index in [-0.39, 0.29) is 29.8 Å². The molecule has 0 bridgehead atoms. The lowest BCUT2D eigenvalue weighted by atomic mass is 10.1. The molecule has 1 heterocycles. The highest BCUT2D eigenvalue weighted by atomic mass is 16.5. The van der Waals surface area contributed by atoms with E-state index in [9.17, 15) is 19.2 Å². The number of fused-ring (bicyclic) bond motifs is 1. The molecule has 4 rings (SSSR count). The number of likely N-dealkylation sites (N-methyl/N-ethyl adjacent to an activating group) is 1. The highest BCUT2D eigenvalue weighted by Gasteiger charge is 2.35. The Morgan fingerprint density at radius 1 is 0.824 bits per heavy atom. The Kier molecular flexibility index (Phi) is 6.54. The number of carbonyl (C=O) groups is 4. The van der Waals surface area contributed by atoms with Crippen molar-refractivity contribution in [2.45, 2.75) is 26.1 Å². The van der Waals surface area contributed by atoms with E-state index < -0.39 is 12.1 Å². The average Bonchev–Trinajstić information content (AvgIpc) is 3.09. The molecule has 1 aliphatic rings. The monoisotopic (exact) mass is 456 g/mol. The Morgan fingerprint density at radius 3 is 1.97 bits per heavy atom. The third-order valence-electron chi connectivity index (χ3n) is 5.68. The molecule has 0 aliphatic carbocycles. The fraction of sp³-hybridized carbons (Fsp3) is 0.185. The van der Waals surface area contributed by atoms with Crippen LogP contribution in [0.25, 0.3) is 0 Å². The number of hydrogen-bond donors (Lipinski definition) is 0. The zero-order valence-corrected chi connectivity index (χ0v) is 18.9. The summed E-state index contributed by atoms with van der Waals surface area (Å²) in [7, 11) is 1.66. The molecular formula is C27H24N2O5. The molecule has 3 aromatic carbocycles. The molecule has 0 N–H and O–H groups in total. The average molecular weight is 456 g/mol. The summed E-state index contributed by atoms with van der Waals surface area (Å²) in [5.41, 5.74) is 2.73. The van der Waals surface area contributed by atoms with Crippen LogP contribution in [0.15, 0.2) is 78.9 Å². The Labute approximate surface area is 197 Å². The van der Waals surface area contributed by atoms with Crippen molar-refractivity contribution in [1.82, 2.24) is 9.80 Å². The first-order valence-electron chi connectivity index (χ1n) is 10.9. The van der Waals surface area contributed by atoms with Gasteiger partial charge in [0, 0.05) is 13.6 Å². The first kappa shape index (κ1) is 22.9. The zero-order chi connectivity index (χ0) is 24.2. The van der Waals surface area contributed by atoms with E-state index in [1.807, 2.05) is 30.3 Å². The summed E-state index contributed by atoms with van der Waals surface area (Å²) in [4.78, 5) is 52.9. The number of rotatable bonds is 7. The fourth-order valence-electron chi connectivity index (χ4n) is 3.84. The second-order valence-electron chi connectivity index (χ2n) is 8.17. The van der Waals surface area contributed by atoms with Crippen molar-refractivity contribution >= 4 is 23.7 Å². The van der Waals surface area contributed by atoms with Crippen molar-refractivity contribution in [3.8, 4) is 0 Å². The predicted octanol–water partition coefficient (Wildman–Crippen LogP) is 3.69. The highest BCUT2D eigenvalue weighted by Crippen LogP contribution is 2.24. The molecule has 7 heteroatoms. The van der Waals surface area contributed by atoms with Gasteiger partial charge in [-0.2, -0.15) is 0 Å². The van der Waals surface area contributed by atoms with E-state index in [0.29, 0.717) is 23.2 Å². The van der Waals surface area contributed by atoms with Gasteiger partial charge in [-0.3, -0.25) is 19.3 Å². The Morgan fingerprint density at radius 2 is 1.38 bits per heavy atom. The topological polar surface area (TPSA) is 84.0 Å². The maximum absolute atomic E-state index is 12.6. The second-order valence-corrected chi connectivity index (χ2v) is 8.17. The summed E-state index contributed by atoms with van der Waals surface area (Å²) < 4.78 is 5.36. The number of carbonyl (C=O) groups excluding carboxylic acids is 4. The summed E-state index contributed by atoms with van der Waals surface area (Å²) in [6.07, 6.45) is -0.945. The van der Waals surface area contributed by atoms with Crippen molar-refractivity contribution in [1.29, 1.82) is 0 Å². The smallest absolute Gasteiger partial charge is 0.338 e. The number of esters is 1. The van der Waals surface area contributed by atoms with Gasteiger partial charge in [-0.15, -0.1) is 0 Å². The van der Waals surface area contributed by atoms with E-state index >= 15 is 0 Å². The SMILES string of the molecule is CC(OC(=O)c1ccc(CN2C(=O)c3ccccc3C2=O)cc1)C(=O)N(C)Cc1ccccc1. The number of benzene rings is 3. The summed E-state index contributed by atoms with van der Waals surface area (Å²) in [6.45, 7) is 2.05. The molecule has 1 atom stereocenters. The summed E-state index contributed by atoms with van der Waals surface area (Å²) in [6, 6.07) is 22.7. The molecule has 1 unspecified atom stereocenters. The largest absolute Gasteiger partial charge is 0.449 e. The molecule has 0 saturated carbocycles. The lowest BCUT2D eigenvalue weighted by Crippen LogP contribution is -2.37. The molecule has 0 fully saturated rings. The van der Waals surface area contributed by atoms with E-state index in [1.54, 1.807) is 62.5 Å². The minimum absolute atomic E-state index is 0.0981. The van der Waals surface area contributed by atoms with Crippen LogP contribution in [0.5, 0.6) is 0 Å². The first-order chi connectivity index (χ1) is 16.3. The van der Waals surface area contributed by atoms with Gasteiger partial charge in [0.1, 0.15) is 0 Å². The second kappa shape index (κ2) is 9.70. The Hall–Kier alpha value is -4.26. The van der Waals surface area contributed by atoms with Crippen molar-refractivity contribution in [3.63, 3.8) is 0 Å². The van der Waals surface area contributed by atoms with E-state index in [0.717, 1.165) is 5.56 Å². The maximum atomic E-state index is 12.6. The molecule has 3 aromatic rings. The highest BCUT2D eigenvalue weighted by molar-refractivity contribution is 6.21. The first-order valence-corrected chi connectivity index (χ1v) is 10.9. The molecule has 0 aromatic heterocycles. The van der Waals surface area contributed by atoms with Crippen LogP contribution in [-0.4, -0.2) is 46.6 Å². The van der Waals surface area contributed by atoms with E-state index in [4.69, 9.17) is 4.74 Å². The number of amides is 3. The molecule has 0 radical (unpaired) electrons. The van der Waals surface area contributed by atoms with Gasteiger partial charge in [0.05, 0.1) is 23.2 Å². The molecule has 0 saturated heterocycles. The van der Waals surface area contributed by atoms with Gasteiger partial charge >= 0.3 is 5.97 Å². The van der Waals surface area contributed by atoms with Gasteiger partial charge in [0.15, 0.2) is 6.10 Å². The van der Waals surface area contributed by atoms with Gasteiger partial charge in [-0.1, -0.05) is 54.6 Å². The van der Waals surface area contributed by atoms with Crippen molar-refractivity contribution < 1.29 is 23.9 Å². The van der Waals surface area contributed by atoms with Crippen LogP contribution in [0, 0.1) is 0 Å². The van der Waals surface area contributed by atoms with Gasteiger partial charge in [-0.25, -0.2) is 4.79 Å². The Bertz CT molecular complexity index is 1200. The molecule has 3 amide bonds. The van der Waals surface area contributed by atoms with Crippen LogP contribution in [0.4, 0.5) is 0 Å². The maximum Gasteiger partial charge on any atom is 0.338 e.